The van der Waals surface area contributed by atoms with Crippen molar-refractivity contribution in [2.24, 2.45) is 34.0 Å². The van der Waals surface area contributed by atoms with Gasteiger partial charge in [-0.05, 0) is 86.0 Å². The van der Waals surface area contributed by atoms with Gasteiger partial charge in [-0.1, -0.05) is 19.4 Å². The Morgan fingerprint density at radius 1 is 1.17 bits per heavy atom. The first kappa shape index (κ1) is 15.4. The first-order valence-corrected chi connectivity index (χ1v) is 9.27. The van der Waals surface area contributed by atoms with Crippen LogP contribution in [0, 0.1) is 34.0 Å². The van der Waals surface area contributed by atoms with E-state index in [2.05, 4.69) is 13.0 Å². The topological polar surface area (TPSA) is 54.4 Å². The fourth-order valence-electron chi connectivity index (χ4n) is 7.36. The molecule has 0 heterocycles. The molecule has 4 aliphatic carbocycles. The third-order valence-corrected chi connectivity index (χ3v) is 8.35. The highest BCUT2D eigenvalue weighted by Gasteiger charge is 2.64. The van der Waals surface area contributed by atoms with Crippen LogP contribution in [-0.4, -0.2) is 17.4 Å². The Morgan fingerprint density at radius 3 is 2.65 bits per heavy atom. The molecule has 4 rings (SSSR count). The van der Waals surface area contributed by atoms with Gasteiger partial charge >= 0.3 is 5.97 Å². The Bertz CT molecular complexity index is 594. The molecule has 3 saturated carbocycles. The molecule has 23 heavy (non-hydrogen) atoms. The highest BCUT2D eigenvalue weighted by atomic mass is 16.4. The number of carbonyl (C=O) groups excluding carboxylic acids is 1. The van der Waals surface area contributed by atoms with Crippen molar-refractivity contribution in [3.63, 3.8) is 0 Å². The molecule has 6 atom stereocenters. The average Bonchev–Trinajstić information content (AvgIpc) is 2.77. The Labute approximate surface area is 138 Å². The monoisotopic (exact) mass is 316 g/mol. The number of hydrogen-bond donors (Lipinski definition) is 1. The van der Waals surface area contributed by atoms with Crippen LogP contribution in [0.1, 0.15) is 65.2 Å². The fourth-order valence-corrected chi connectivity index (χ4v) is 7.36. The Balaban J connectivity index is 1.76. The molecule has 0 aliphatic heterocycles. The number of allylic oxidation sites excluding steroid dienone is 2. The van der Waals surface area contributed by atoms with Gasteiger partial charge in [0.15, 0.2) is 0 Å². The van der Waals surface area contributed by atoms with Gasteiger partial charge in [-0.25, -0.2) is 0 Å². The van der Waals surface area contributed by atoms with Gasteiger partial charge < -0.3 is 5.11 Å². The summed E-state index contributed by atoms with van der Waals surface area (Å²) in [5.41, 5.74) is 0.762. The molecule has 3 heteroatoms. The maximum absolute atomic E-state index is 12.0. The minimum absolute atomic E-state index is 0.115. The second kappa shape index (κ2) is 4.70. The predicted octanol–water partition coefficient (Wildman–Crippen LogP) is 4.22. The molecule has 3 nitrogen and oxygen atoms in total. The van der Waals surface area contributed by atoms with Gasteiger partial charge in [0.2, 0.25) is 0 Å². The molecule has 0 aromatic carbocycles. The highest BCUT2D eigenvalue weighted by molar-refractivity contribution is 5.76. The Hall–Kier alpha value is -1.12. The Morgan fingerprint density at radius 2 is 1.96 bits per heavy atom. The molecule has 3 fully saturated rings. The van der Waals surface area contributed by atoms with E-state index in [1.54, 1.807) is 0 Å². The van der Waals surface area contributed by atoms with Gasteiger partial charge in [-0.15, -0.1) is 0 Å². The summed E-state index contributed by atoms with van der Waals surface area (Å²) in [6, 6.07) is 0. The van der Waals surface area contributed by atoms with E-state index in [4.69, 9.17) is 0 Å². The number of fused-ring (bicyclic) bond motifs is 3. The molecular weight excluding hydrogens is 288 g/mol. The molecule has 0 aromatic heterocycles. The standard InChI is InChI=1S/C20H28O3/c1-18-7-3-8-19(2,17(22)23)15(18)6-9-20-10-13(4-5-16(18)20)14(11-20)12-21/h11-13,15-16H,3-10H2,1-2H3,(H,22,23)/t13-,15+,16+,18-,19-,20+/m1/s1. The van der Waals surface area contributed by atoms with Crippen LogP contribution in [0.5, 0.6) is 0 Å². The van der Waals surface area contributed by atoms with E-state index >= 15 is 0 Å². The lowest BCUT2D eigenvalue weighted by Gasteiger charge is -2.63. The Kier molecular flexibility index (Phi) is 3.15. The van der Waals surface area contributed by atoms with E-state index in [1.165, 1.54) is 6.42 Å². The minimum atomic E-state index is -0.603. The third-order valence-electron chi connectivity index (χ3n) is 8.35. The predicted molar refractivity (Wildman–Crippen MR) is 87.8 cm³/mol. The van der Waals surface area contributed by atoms with Crippen LogP contribution in [0.3, 0.4) is 0 Å². The lowest BCUT2D eigenvalue weighted by molar-refractivity contribution is -0.177. The zero-order valence-corrected chi connectivity index (χ0v) is 14.3. The lowest BCUT2D eigenvalue weighted by atomic mass is 9.41. The normalized spacial score (nSPS) is 51.4. The maximum Gasteiger partial charge on any atom is 0.309 e. The zero-order chi connectivity index (χ0) is 16.5. The van der Waals surface area contributed by atoms with E-state index in [1.807, 2.05) is 6.92 Å². The molecular formula is C20H28O3. The summed E-state index contributed by atoms with van der Waals surface area (Å²) in [5, 5.41) is 9.90. The third kappa shape index (κ3) is 1.82. The number of aliphatic carboxylic acids is 1. The van der Waals surface area contributed by atoms with E-state index in [9.17, 15) is 14.7 Å². The summed E-state index contributed by atoms with van der Waals surface area (Å²) in [6.07, 6.45) is 11.9. The van der Waals surface area contributed by atoms with Crippen LogP contribution in [0.15, 0.2) is 11.6 Å². The molecule has 0 aromatic rings. The smallest absolute Gasteiger partial charge is 0.309 e. The number of carboxylic acids is 1. The number of aldehydes is 1. The summed E-state index contributed by atoms with van der Waals surface area (Å²) in [6.45, 7) is 4.36. The summed E-state index contributed by atoms with van der Waals surface area (Å²) in [4.78, 5) is 23.5. The maximum atomic E-state index is 12.0. The molecule has 4 aliphatic rings. The van der Waals surface area contributed by atoms with Crippen molar-refractivity contribution < 1.29 is 14.7 Å². The molecule has 0 saturated heterocycles. The van der Waals surface area contributed by atoms with E-state index < -0.39 is 11.4 Å². The average molecular weight is 316 g/mol. The van der Waals surface area contributed by atoms with Crippen LogP contribution in [0.25, 0.3) is 0 Å². The van der Waals surface area contributed by atoms with Gasteiger partial charge in [0, 0.05) is 0 Å². The minimum Gasteiger partial charge on any atom is -0.481 e. The van der Waals surface area contributed by atoms with Crippen molar-refractivity contribution in [1.29, 1.82) is 0 Å². The van der Waals surface area contributed by atoms with Gasteiger partial charge in [-0.2, -0.15) is 0 Å². The van der Waals surface area contributed by atoms with Gasteiger partial charge in [0.1, 0.15) is 6.29 Å². The summed E-state index contributed by atoms with van der Waals surface area (Å²) in [7, 11) is 0. The van der Waals surface area contributed by atoms with E-state index in [0.29, 0.717) is 11.8 Å². The number of hydrogen-bond acceptors (Lipinski definition) is 2. The second-order valence-corrected chi connectivity index (χ2v) is 9.20. The zero-order valence-electron chi connectivity index (χ0n) is 14.3. The quantitative estimate of drug-likeness (QED) is 0.776. The number of carbonyl (C=O) groups is 2. The highest BCUT2D eigenvalue weighted by Crippen LogP contribution is 2.70. The van der Waals surface area contributed by atoms with Crippen molar-refractivity contribution in [2.45, 2.75) is 65.2 Å². The van der Waals surface area contributed by atoms with Crippen LogP contribution >= 0.6 is 0 Å². The van der Waals surface area contributed by atoms with Crippen LogP contribution in [0.4, 0.5) is 0 Å². The van der Waals surface area contributed by atoms with Crippen LogP contribution in [-0.2, 0) is 9.59 Å². The van der Waals surface area contributed by atoms with Crippen molar-refractivity contribution >= 4 is 12.3 Å². The summed E-state index contributed by atoms with van der Waals surface area (Å²) < 4.78 is 0. The number of rotatable bonds is 2. The molecule has 1 spiro atoms. The first-order valence-electron chi connectivity index (χ1n) is 9.27. The summed E-state index contributed by atoms with van der Waals surface area (Å²) in [5.74, 6) is 0.704. The van der Waals surface area contributed by atoms with Gasteiger partial charge in [-0.3, -0.25) is 9.59 Å². The molecule has 1 N–H and O–H groups in total. The van der Waals surface area contributed by atoms with Crippen molar-refractivity contribution in [3.05, 3.63) is 11.6 Å². The van der Waals surface area contributed by atoms with Gasteiger partial charge in [0.25, 0.3) is 0 Å². The number of carboxylic acid groups (broad SMARTS) is 1. The van der Waals surface area contributed by atoms with Crippen LogP contribution in [0.2, 0.25) is 0 Å². The van der Waals surface area contributed by atoms with Crippen molar-refractivity contribution in [2.75, 3.05) is 0 Å². The molecule has 0 unspecified atom stereocenters. The van der Waals surface area contributed by atoms with Crippen molar-refractivity contribution in [1.82, 2.24) is 0 Å². The molecule has 2 bridgehead atoms. The van der Waals surface area contributed by atoms with E-state index in [-0.39, 0.29) is 16.7 Å². The molecule has 0 radical (unpaired) electrons. The fraction of sp³-hybridized carbons (Fsp3) is 0.800. The van der Waals surface area contributed by atoms with Crippen molar-refractivity contribution in [3.8, 4) is 0 Å². The first-order chi connectivity index (χ1) is 10.9. The second-order valence-electron chi connectivity index (χ2n) is 9.20. The molecule has 126 valence electrons. The lowest BCUT2D eigenvalue weighted by Crippen LogP contribution is -2.58. The SMILES string of the molecule is C[C@@]12CCC[C@@](C)(C(=O)O)[C@H]1CC[C@]13C=C(C=O)[C@H](CC[C@H]12)C3. The largest absolute Gasteiger partial charge is 0.481 e. The molecule has 0 amide bonds. The van der Waals surface area contributed by atoms with E-state index in [0.717, 1.165) is 56.8 Å². The van der Waals surface area contributed by atoms with Gasteiger partial charge in [0.05, 0.1) is 5.41 Å². The van der Waals surface area contributed by atoms with Crippen LogP contribution < -0.4 is 0 Å². The summed E-state index contributed by atoms with van der Waals surface area (Å²) >= 11 is 0.